The van der Waals surface area contributed by atoms with Crippen LogP contribution >= 0.6 is 12.2 Å². The SMILES string of the molecule is CC1=C(C(=O)Nc2cc(C)on2)C(c2ccccc2C(F)(F)F)NC(=S)N1c1ccccc1. The number of hydrogen-bond acceptors (Lipinski definition) is 4. The molecule has 1 unspecified atom stereocenters. The number of alkyl halides is 3. The molecular weight excluding hydrogens is 453 g/mol. The van der Waals surface area contributed by atoms with Crippen LogP contribution < -0.4 is 15.5 Å². The molecule has 33 heavy (non-hydrogen) atoms. The minimum absolute atomic E-state index is 0.0739. The molecule has 1 aliphatic rings. The maximum Gasteiger partial charge on any atom is 0.416 e. The Kier molecular flexibility index (Phi) is 5.94. The lowest BCUT2D eigenvalue weighted by atomic mass is 9.90. The zero-order chi connectivity index (χ0) is 23.8. The summed E-state index contributed by atoms with van der Waals surface area (Å²) < 4.78 is 46.4. The van der Waals surface area contributed by atoms with E-state index in [4.69, 9.17) is 16.7 Å². The second kappa shape index (κ2) is 8.70. The van der Waals surface area contributed by atoms with Crippen LogP contribution in [0.15, 0.2) is 76.5 Å². The normalized spacial score (nSPS) is 16.6. The molecule has 2 heterocycles. The number of rotatable bonds is 4. The van der Waals surface area contributed by atoms with E-state index in [9.17, 15) is 18.0 Å². The maximum atomic E-state index is 13.8. The van der Waals surface area contributed by atoms with Crippen LogP contribution in [0.25, 0.3) is 0 Å². The average Bonchev–Trinajstić information content (AvgIpc) is 3.17. The van der Waals surface area contributed by atoms with E-state index in [1.54, 1.807) is 43.0 Å². The Morgan fingerprint density at radius 3 is 2.42 bits per heavy atom. The standard InChI is InChI=1S/C23H19F3N4O2S/c1-13-12-18(29-32-13)27-21(31)19-14(2)30(15-8-4-3-5-9-15)22(33)28-20(19)16-10-6-7-11-17(16)23(24,25)26/h3-12,20H,1-2H3,(H,28,33)(H,27,29,31). The fraction of sp³-hybridized carbons (Fsp3) is 0.174. The Morgan fingerprint density at radius 1 is 1.12 bits per heavy atom. The summed E-state index contributed by atoms with van der Waals surface area (Å²) in [6.45, 7) is 3.31. The van der Waals surface area contributed by atoms with Gasteiger partial charge in [0.25, 0.3) is 5.91 Å². The summed E-state index contributed by atoms with van der Waals surface area (Å²) in [6.07, 6.45) is -4.62. The highest BCUT2D eigenvalue weighted by atomic mass is 32.1. The number of aromatic nitrogens is 1. The van der Waals surface area contributed by atoms with Gasteiger partial charge in [0.05, 0.1) is 17.2 Å². The first-order chi connectivity index (χ1) is 15.7. The lowest BCUT2D eigenvalue weighted by molar-refractivity contribution is -0.138. The van der Waals surface area contributed by atoms with Crippen molar-refractivity contribution >= 4 is 34.7 Å². The van der Waals surface area contributed by atoms with Crippen molar-refractivity contribution in [3.05, 3.63) is 88.8 Å². The van der Waals surface area contributed by atoms with Crippen LogP contribution in [0.1, 0.15) is 29.9 Å². The molecule has 1 amide bonds. The van der Waals surface area contributed by atoms with Gasteiger partial charge in [-0.2, -0.15) is 13.2 Å². The Hall–Kier alpha value is -3.66. The number of nitrogens with one attached hydrogen (secondary N) is 2. The Balaban J connectivity index is 1.87. The molecule has 1 aromatic heterocycles. The Morgan fingerprint density at radius 2 is 1.79 bits per heavy atom. The number of carbonyl (C=O) groups is 1. The third kappa shape index (κ3) is 4.47. The first-order valence-corrected chi connectivity index (χ1v) is 10.3. The molecular formula is C23H19F3N4O2S. The van der Waals surface area contributed by atoms with Crippen molar-refractivity contribution in [1.82, 2.24) is 10.5 Å². The number of halogens is 3. The highest BCUT2D eigenvalue weighted by molar-refractivity contribution is 7.80. The molecule has 0 fully saturated rings. The average molecular weight is 472 g/mol. The predicted octanol–water partition coefficient (Wildman–Crippen LogP) is 5.35. The van der Waals surface area contributed by atoms with Gasteiger partial charge in [0.15, 0.2) is 10.9 Å². The minimum atomic E-state index is -4.62. The molecule has 4 rings (SSSR count). The largest absolute Gasteiger partial charge is 0.416 e. The number of anilines is 2. The van der Waals surface area contributed by atoms with Crippen LogP contribution in [0.4, 0.5) is 24.7 Å². The zero-order valence-electron chi connectivity index (χ0n) is 17.6. The molecule has 1 aliphatic heterocycles. The summed E-state index contributed by atoms with van der Waals surface area (Å²) in [5.41, 5.74) is 0.168. The number of para-hydroxylation sites is 1. The first kappa shape index (κ1) is 22.5. The van der Waals surface area contributed by atoms with Crippen molar-refractivity contribution in [1.29, 1.82) is 0 Å². The van der Waals surface area contributed by atoms with Gasteiger partial charge in [-0.05, 0) is 49.8 Å². The number of allylic oxidation sites excluding steroid dienone is 1. The molecule has 1 atom stereocenters. The van der Waals surface area contributed by atoms with E-state index < -0.39 is 23.7 Å². The summed E-state index contributed by atoms with van der Waals surface area (Å²) in [6, 6.07) is 14.5. The van der Waals surface area contributed by atoms with Gasteiger partial charge in [-0.3, -0.25) is 9.69 Å². The van der Waals surface area contributed by atoms with Gasteiger partial charge in [0, 0.05) is 17.5 Å². The van der Waals surface area contributed by atoms with Gasteiger partial charge in [-0.25, -0.2) is 0 Å². The maximum absolute atomic E-state index is 13.8. The fourth-order valence-electron chi connectivity index (χ4n) is 3.77. The number of carbonyl (C=O) groups excluding carboxylic acids is 1. The van der Waals surface area contributed by atoms with Crippen LogP contribution in [-0.4, -0.2) is 16.2 Å². The highest BCUT2D eigenvalue weighted by Crippen LogP contribution is 2.40. The molecule has 6 nitrogen and oxygen atoms in total. The molecule has 0 radical (unpaired) electrons. The third-order valence-corrected chi connectivity index (χ3v) is 5.49. The number of amides is 1. The summed E-state index contributed by atoms with van der Waals surface area (Å²) in [5.74, 6) is 0.00241. The molecule has 0 saturated heterocycles. The molecule has 0 saturated carbocycles. The van der Waals surface area contributed by atoms with Crippen molar-refractivity contribution in [2.45, 2.75) is 26.1 Å². The van der Waals surface area contributed by atoms with Crippen molar-refractivity contribution in [2.24, 2.45) is 0 Å². The number of benzene rings is 2. The second-order valence-electron chi connectivity index (χ2n) is 7.41. The molecule has 0 spiro atoms. The van der Waals surface area contributed by atoms with Crippen LogP contribution in [-0.2, 0) is 11.0 Å². The second-order valence-corrected chi connectivity index (χ2v) is 7.80. The number of thiocarbonyl (C=S) groups is 1. The van der Waals surface area contributed by atoms with Crippen molar-refractivity contribution in [3.8, 4) is 0 Å². The number of nitrogens with zero attached hydrogens (tertiary/aromatic N) is 2. The topological polar surface area (TPSA) is 70.4 Å². The molecule has 2 N–H and O–H groups in total. The Labute approximate surface area is 193 Å². The third-order valence-electron chi connectivity index (χ3n) is 5.19. The predicted molar refractivity (Wildman–Crippen MR) is 121 cm³/mol. The van der Waals surface area contributed by atoms with E-state index in [1.807, 2.05) is 6.07 Å². The smallest absolute Gasteiger partial charge is 0.360 e. The van der Waals surface area contributed by atoms with Gasteiger partial charge < -0.3 is 15.2 Å². The molecule has 10 heteroatoms. The van der Waals surface area contributed by atoms with E-state index in [0.29, 0.717) is 17.1 Å². The fourth-order valence-corrected chi connectivity index (χ4v) is 4.13. The number of hydrogen-bond donors (Lipinski definition) is 2. The van der Waals surface area contributed by atoms with Crippen LogP contribution in [0.3, 0.4) is 0 Å². The van der Waals surface area contributed by atoms with E-state index in [0.717, 1.165) is 6.07 Å². The van der Waals surface area contributed by atoms with Crippen molar-refractivity contribution in [3.63, 3.8) is 0 Å². The van der Waals surface area contributed by atoms with Gasteiger partial charge in [0.2, 0.25) is 0 Å². The molecule has 2 aromatic carbocycles. The minimum Gasteiger partial charge on any atom is -0.360 e. The first-order valence-electron chi connectivity index (χ1n) is 9.94. The van der Waals surface area contributed by atoms with Crippen LogP contribution in [0.2, 0.25) is 0 Å². The Bertz CT molecular complexity index is 1240. The van der Waals surface area contributed by atoms with E-state index in [2.05, 4.69) is 15.8 Å². The summed E-state index contributed by atoms with van der Waals surface area (Å²) in [7, 11) is 0. The monoisotopic (exact) mass is 472 g/mol. The quantitative estimate of drug-likeness (QED) is 0.499. The number of aryl methyl sites for hydroxylation is 1. The summed E-state index contributed by atoms with van der Waals surface area (Å²) in [4.78, 5) is 15.0. The molecule has 170 valence electrons. The summed E-state index contributed by atoms with van der Waals surface area (Å²) in [5, 5.41) is 9.48. The highest BCUT2D eigenvalue weighted by Gasteiger charge is 2.40. The lowest BCUT2D eigenvalue weighted by Crippen LogP contribution is -2.49. The van der Waals surface area contributed by atoms with Crippen LogP contribution in [0.5, 0.6) is 0 Å². The van der Waals surface area contributed by atoms with E-state index in [-0.39, 0.29) is 22.1 Å². The summed E-state index contributed by atoms with van der Waals surface area (Å²) >= 11 is 5.51. The zero-order valence-corrected chi connectivity index (χ0v) is 18.4. The van der Waals surface area contributed by atoms with Gasteiger partial charge >= 0.3 is 6.18 Å². The van der Waals surface area contributed by atoms with Crippen molar-refractivity contribution in [2.75, 3.05) is 10.2 Å². The van der Waals surface area contributed by atoms with E-state index in [1.165, 1.54) is 24.3 Å². The van der Waals surface area contributed by atoms with Gasteiger partial charge in [-0.15, -0.1) is 0 Å². The van der Waals surface area contributed by atoms with Crippen molar-refractivity contribution < 1.29 is 22.5 Å². The molecule has 0 bridgehead atoms. The lowest BCUT2D eigenvalue weighted by Gasteiger charge is -2.38. The molecule has 0 aliphatic carbocycles. The van der Waals surface area contributed by atoms with E-state index >= 15 is 0 Å². The van der Waals surface area contributed by atoms with Crippen LogP contribution in [0, 0.1) is 6.92 Å². The molecule has 3 aromatic rings. The van der Waals surface area contributed by atoms with Gasteiger partial charge in [-0.1, -0.05) is 41.6 Å². The van der Waals surface area contributed by atoms with Gasteiger partial charge in [0.1, 0.15) is 5.76 Å².